The fourth-order valence-corrected chi connectivity index (χ4v) is 3.71. The molecule has 1 aromatic rings. The van der Waals surface area contributed by atoms with Crippen LogP contribution in [0.4, 0.5) is 5.69 Å². The van der Waals surface area contributed by atoms with E-state index in [1.54, 1.807) is 0 Å². The van der Waals surface area contributed by atoms with E-state index in [-0.39, 0.29) is 34.0 Å². The SMILES string of the molecule is CCN1C(=O)[C@@H](CC(=O)NC)SC1=Nc1cc(Cl)c(O)c(Cl)c1. The van der Waals surface area contributed by atoms with Crippen LogP contribution in [0.3, 0.4) is 0 Å². The molecule has 2 amide bonds. The first kappa shape index (κ1) is 17.9. The summed E-state index contributed by atoms with van der Waals surface area (Å²) in [4.78, 5) is 29.7. The summed E-state index contributed by atoms with van der Waals surface area (Å²) >= 11 is 13.0. The molecule has 2 rings (SSSR count). The zero-order valence-corrected chi connectivity index (χ0v) is 14.8. The predicted molar refractivity (Wildman–Crippen MR) is 92.7 cm³/mol. The zero-order valence-electron chi connectivity index (χ0n) is 12.5. The van der Waals surface area contributed by atoms with Crippen molar-refractivity contribution in [1.82, 2.24) is 10.2 Å². The second-order valence-electron chi connectivity index (χ2n) is 4.72. The van der Waals surface area contributed by atoms with Crippen LogP contribution in [0, 0.1) is 0 Å². The number of halogens is 2. The van der Waals surface area contributed by atoms with Gasteiger partial charge in [-0.3, -0.25) is 14.5 Å². The topological polar surface area (TPSA) is 82.0 Å². The lowest BCUT2D eigenvalue weighted by Gasteiger charge is -2.13. The molecule has 1 saturated heterocycles. The molecule has 0 bridgehead atoms. The van der Waals surface area contributed by atoms with Gasteiger partial charge in [0.05, 0.1) is 15.7 Å². The number of aliphatic imine (C=N–C) groups is 1. The lowest BCUT2D eigenvalue weighted by atomic mass is 10.2. The maximum absolute atomic E-state index is 12.3. The number of phenols is 1. The van der Waals surface area contributed by atoms with E-state index in [1.807, 2.05) is 6.92 Å². The van der Waals surface area contributed by atoms with Gasteiger partial charge in [-0.25, -0.2) is 4.99 Å². The highest BCUT2D eigenvalue weighted by atomic mass is 35.5. The zero-order chi connectivity index (χ0) is 17.1. The predicted octanol–water partition coefficient (Wildman–Crippen LogP) is 2.79. The quantitative estimate of drug-likeness (QED) is 0.847. The van der Waals surface area contributed by atoms with Crippen LogP contribution in [0.1, 0.15) is 13.3 Å². The molecule has 23 heavy (non-hydrogen) atoms. The first-order chi connectivity index (χ1) is 10.9. The summed E-state index contributed by atoms with van der Waals surface area (Å²) in [6.45, 7) is 2.27. The van der Waals surface area contributed by atoms with E-state index in [9.17, 15) is 14.7 Å². The summed E-state index contributed by atoms with van der Waals surface area (Å²) in [5, 5.41) is 12.2. The molecular weight excluding hydrogens is 361 g/mol. The minimum absolute atomic E-state index is 0.0798. The number of amidine groups is 1. The van der Waals surface area contributed by atoms with Crippen LogP contribution >= 0.6 is 35.0 Å². The van der Waals surface area contributed by atoms with Crippen LogP contribution in [0.25, 0.3) is 0 Å². The van der Waals surface area contributed by atoms with Gasteiger partial charge >= 0.3 is 0 Å². The highest BCUT2D eigenvalue weighted by Crippen LogP contribution is 2.37. The average Bonchev–Trinajstić information content (AvgIpc) is 2.79. The largest absolute Gasteiger partial charge is 0.505 e. The molecule has 6 nitrogen and oxygen atoms in total. The molecule has 0 saturated carbocycles. The van der Waals surface area contributed by atoms with E-state index in [0.29, 0.717) is 17.4 Å². The summed E-state index contributed by atoms with van der Waals surface area (Å²) in [7, 11) is 1.53. The molecule has 0 spiro atoms. The van der Waals surface area contributed by atoms with Crippen LogP contribution in [-0.4, -0.2) is 45.8 Å². The van der Waals surface area contributed by atoms with Gasteiger partial charge in [0, 0.05) is 20.0 Å². The molecule has 124 valence electrons. The fourth-order valence-electron chi connectivity index (χ4n) is 2.01. The molecule has 1 fully saturated rings. The number of amides is 2. The summed E-state index contributed by atoms with van der Waals surface area (Å²) < 4.78 is 0. The highest BCUT2D eigenvalue weighted by Gasteiger charge is 2.38. The minimum atomic E-state index is -0.503. The highest BCUT2D eigenvalue weighted by molar-refractivity contribution is 8.15. The molecule has 1 heterocycles. The number of rotatable bonds is 4. The van der Waals surface area contributed by atoms with Crippen molar-refractivity contribution in [2.75, 3.05) is 13.6 Å². The maximum Gasteiger partial charge on any atom is 0.242 e. The Morgan fingerprint density at radius 1 is 1.43 bits per heavy atom. The van der Waals surface area contributed by atoms with Gasteiger partial charge in [-0.2, -0.15) is 0 Å². The monoisotopic (exact) mass is 375 g/mol. The Balaban J connectivity index is 2.30. The van der Waals surface area contributed by atoms with E-state index >= 15 is 0 Å². The number of benzene rings is 1. The molecule has 1 aliphatic heterocycles. The second-order valence-corrected chi connectivity index (χ2v) is 6.70. The Kier molecular flexibility index (Phi) is 5.78. The number of nitrogens with zero attached hydrogens (tertiary/aromatic N) is 2. The summed E-state index contributed by atoms with van der Waals surface area (Å²) in [6, 6.07) is 2.92. The van der Waals surface area contributed by atoms with Crippen molar-refractivity contribution >= 4 is 57.6 Å². The molecule has 0 unspecified atom stereocenters. The average molecular weight is 376 g/mol. The van der Waals surface area contributed by atoms with Crippen molar-refractivity contribution in [1.29, 1.82) is 0 Å². The number of thioether (sulfide) groups is 1. The van der Waals surface area contributed by atoms with Gasteiger partial charge < -0.3 is 10.4 Å². The molecule has 1 aliphatic rings. The van der Waals surface area contributed by atoms with E-state index in [1.165, 1.54) is 35.8 Å². The van der Waals surface area contributed by atoms with E-state index in [0.717, 1.165) is 0 Å². The van der Waals surface area contributed by atoms with Gasteiger partial charge in [0.2, 0.25) is 11.8 Å². The molecule has 9 heteroatoms. The van der Waals surface area contributed by atoms with Crippen LogP contribution in [0.2, 0.25) is 10.0 Å². The number of hydrogen-bond donors (Lipinski definition) is 2. The van der Waals surface area contributed by atoms with Gasteiger partial charge in [0.1, 0.15) is 5.25 Å². The van der Waals surface area contributed by atoms with Gasteiger partial charge in [-0.05, 0) is 19.1 Å². The molecule has 0 radical (unpaired) electrons. The summed E-state index contributed by atoms with van der Waals surface area (Å²) in [5.41, 5.74) is 0.423. The summed E-state index contributed by atoms with van der Waals surface area (Å²) in [5.74, 6) is -0.572. The number of phenolic OH excluding ortho intramolecular Hbond substituents is 1. The van der Waals surface area contributed by atoms with Crippen molar-refractivity contribution < 1.29 is 14.7 Å². The van der Waals surface area contributed by atoms with Crippen molar-refractivity contribution in [3.63, 3.8) is 0 Å². The summed E-state index contributed by atoms with van der Waals surface area (Å²) in [6.07, 6.45) is 0.0899. The number of nitrogens with one attached hydrogen (secondary N) is 1. The maximum atomic E-state index is 12.3. The number of hydrogen-bond acceptors (Lipinski definition) is 5. The Morgan fingerprint density at radius 3 is 2.57 bits per heavy atom. The smallest absolute Gasteiger partial charge is 0.242 e. The molecule has 2 N–H and O–H groups in total. The first-order valence-corrected chi connectivity index (χ1v) is 8.46. The Morgan fingerprint density at radius 2 is 2.04 bits per heavy atom. The fraction of sp³-hybridized carbons (Fsp3) is 0.357. The second kappa shape index (κ2) is 7.42. The Bertz CT molecular complexity index is 658. The van der Waals surface area contributed by atoms with E-state index < -0.39 is 5.25 Å². The third-order valence-electron chi connectivity index (χ3n) is 3.21. The number of carbonyl (C=O) groups is 2. The van der Waals surface area contributed by atoms with E-state index in [4.69, 9.17) is 23.2 Å². The van der Waals surface area contributed by atoms with Crippen molar-refractivity contribution in [3.05, 3.63) is 22.2 Å². The van der Waals surface area contributed by atoms with Gasteiger partial charge in [-0.15, -0.1) is 0 Å². The van der Waals surface area contributed by atoms with Crippen molar-refractivity contribution in [2.45, 2.75) is 18.6 Å². The molecular formula is C14H15Cl2N3O3S. The third kappa shape index (κ3) is 3.91. The van der Waals surface area contributed by atoms with Crippen LogP contribution in [0.15, 0.2) is 17.1 Å². The first-order valence-electron chi connectivity index (χ1n) is 6.82. The van der Waals surface area contributed by atoms with Crippen LogP contribution in [0.5, 0.6) is 5.75 Å². The molecule has 1 atom stereocenters. The number of aromatic hydroxyl groups is 1. The van der Waals surface area contributed by atoms with Gasteiger partial charge in [0.25, 0.3) is 0 Å². The van der Waals surface area contributed by atoms with Crippen molar-refractivity contribution in [3.8, 4) is 5.75 Å². The van der Waals surface area contributed by atoms with Crippen molar-refractivity contribution in [2.24, 2.45) is 4.99 Å². The van der Waals surface area contributed by atoms with Crippen LogP contribution < -0.4 is 5.32 Å². The van der Waals surface area contributed by atoms with Crippen LogP contribution in [-0.2, 0) is 9.59 Å². The van der Waals surface area contributed by atoms with Gasteiger partial charge in [0.15, 0.2) is 10.9 Å². The minimum Gasteiger partial charge on any atom is -0.505 e. The Hall–Kier alpha value is -1.44. The molecule has 0 aliphatic carbocycles. The molecule has 1 aromatic carbocycles. The molecule has 0 aromatic heterocycles. The normalized spacial score (nSPS) is 19.5. The van der Waals surface area contributed by atoms with Gasteiger partial charge in [-0.1, -0.05) is 35.0 Å². The lowest BCUT2D eigenvalue weighted by Crippen LogP contribution is -2.33. The Labute approximate surface area is 147 Å². The number of carbonyl (C=O) groups excluding carboxylic acids is 2. The van der Waals surface area contributed by atoms with E-state index in [2.05, 4.69) is 10.3 Å². The lowest BCUT2D eigenvalue weighted by molar-refractivity contribution is -0.129. The standard InChI is InChI=1S/C14H15Cl2N3O3S/c1-3-19-13(22)10(6-11(20)17-2)23-14(19)18-7-4-8(15)12(21)9(16)5-7/h4-5,10,21H,3,6H2,1-2H3,(H,17,20)/t10-/m1/s1. The third-order valence-corrected chi connectivity index (χ3v) is 4.96.